The molecule has 0 radical (unpaired) electrons. The molecule has 2 amide bonds. The van der Waals surface area contributed by atoms with Crippen LogP contribution in [0.3, 0.4) is 0 Å². The van der Waals surface area contributed by atoms with Crippen molar-refractivity contribution in [1.29, 1.82) is 0 Å². The van der Waals surface area contributed by atoms with Crippen LogP contribution < -0.4 is 10.1 Å². The summed E-state index contributed by atoms with van der Waals surface area (Å²) in [4.78, 5) is 16.0. The van der Waals surface area contributed by atoms with Crippen LogP contribution in [0.4, 0.5) is 9.18 Å². The molecule has 4 rings (SSSR count). The molecule has 2 unspecified atom stereocenters. The number of ether oxygens (including phenoxy) is 1. The minimum Gasteiger partial charge on any atom is -0.494 e. The molecule has 0 bridgehead atoms. The maximum absolute atomic E-state index is 13.7. The van der Waals surface area contributed by atoms with E-state index in [0.29, 0.717) is 6.61 Å². The largest absolute Gasteiger partial charge is 0.494 e. The van der Waals surface area contributed by atoms with Gasteiger partial charge in [0, 0.05) is 17.2 Å². The first-order valence-corrected chi connectivity index (χ1v) is 10.9. The van der Waals surface area contributed by atoms with Gasteiger partial charge < -0.3 is 15.0 Å². The summed E-state index contributed by atoms with van der Waals surface area (Å²) in [6.07, 6.45) is 2.75. The van der Waals surface area contributed by atoms with Crippen molar-refractivity contribution in [3.05, 3.63) is 59.4 Å². The fourth-order valence-corrected chi connectivity index (χ4v) is 5.16. The summed E-state index contributed by atoms with van der Waals surface area (Å²) < 4.78 is 19.3. The number of nitrogens with one attached hydrogen (secondary N) is 1. The second-order valence-corrected chi connectivity index (χ2v) is 8.31. The molecule has 2 aliphatic heterocycles. The van der Waals surface area contributed by atoms with Gasteiger partial charge in [0.15, 0.2) is 0 Å². The number of fused-ring (bicyclic) bond motifs is 1. The predicted octanol–water partition coefficient (Wildman–Crippen LogP) is 5.31. The van der Waals surface area contributed by atoms with Crippen LogP contribution in [-0.2, 0) is 0 Å². The first kappa shape index (κ1) is 19.1. The van der Waals surface area contributed by atoms with Crippen LogP contribution in [0.15, 0.2) is 47.4 Å². The molecule has 0 aromatic heterocycles. The maximum Gasteiger partial charge on any atom is 0.318 e. The summed E-state index contributed by atoms with van der Waals surface area (Å²) in [5.41, 5.74) is 2.02. The van der Waals surface area contributed by atoms with Gasteiger partial charge in [-0.05, 0) is 67.6 Å². The SMILES string of the molecule is CCOc1ccc(C2CCCN2C(=O)NC2CCSc3ccc(F)cc32)cc1. The zero-order valence-corrected chi connectivity index (χ0v) is 16.8. The molecule has 1 N–H and O–H groups in total. The highest BCUT2D eigenvalue weighted by atomic mass is 32.2. The second-order valence-electron chi connectivity index (χ2n) is 7.17. The summed E-state index contributed by atoms with van der Waals surface area (Å²) in [6, 6.07) is 12.7. The number of carbonyl (C=O) groups excluding carboxylic acids is 1. The van der Waals surface area contributed by atoms with E-state index in [2.05, 4.69) is 5.32 Å². The highest BCUT2D eigenvalue weighted by molar-refractivity contribution is 7.99. The normalized spacial score (nSPS) is 21.3. The number of carbonyl (C=O) groups is 1. The number of thioether (sulfide) groups is 1. The van der Waals surface area contributed by atoms with Crippen molar-refractivity contribution in [1.82, 2.24) is 10.2 Å². The number of hydrogen-bond acceptors (Lipinski definition) is 3. The Morgan fingerprint density at radius 1 is 1.25 bits per heavy atom. The Hall–Kier alpha value is -2.21. The summed E-state index contributed by atoms with van der Waals surface area (Å²) in [5.74, 6) is 1.51. The van der Waals surface area contributed by atoms with Crippen molar-refractivity contribution in [2.45, 2.75) is 43.2 Å². The highest BCUT2D eigenvalue weighted by Gasteiger charge is 2.32. The Morgan fingerprint density at radius 2 is 2.07 bits per heavy atom. The molecule has 0 aliphatic carbocycles. The standard InChI is InChI=1S/C22H25FN2O2S/c1-2-27-17-8-5-15(6-9-17)20-4-3-12-25(20)22(26)24-19-11-13-28-21-10-7-16(23)14-18(19)21/h5-10,14,19-20H,2-4,11-13H2,1H3,(H,24,26). The Labute approximate surface area is 169 Å². The molecular weight excluding hydrogens is 375 g/mol. The molecule has 4 nitrogen and oxygen atoms in total. The number of likely N-dealkylation sites (tertiary alicyclic amines) is 1. The molecule has 1 saturated heterocycles. The molecule has 1 fully saturated rings. The van der Waals surface area contributed by atoms with E-state index in [-0.39, 0.29) is 23.9 Å². The average molecular weight is 401 g/mol. The number of rotatable bonds is 4. The van der Waals surface area contributed by atoms with Gasteiger partial charge in [-0.3, -0.25) is 0 Å². The van der Waals surface area contributed by atoms with Crippen LogP contribution in [0.25, 0.3) is 0 Å². The molecule has 2 aromatic carbocycles. The zero-order valence-electron chi connectivity index (χ0n) is 16.0. The van der Waals surface area contributed by atoms with Crippen molar-refractivity contribution in [3.8, 4) is 5.75 Å². The van der Waals surface area contributed by atoms with Crippen LogP contribution in [0.2, 0.25) is 0 Å². The average Bonchev–Trinajstić information content (AvgIpc) is 3.19. The molecule has 28 heavy (non-hydrogen) atoms. The smallest absolute Gasteiger partial charge is 0.318 e. The van der Waals surface area contributed by atoms with Crippen LogP contribution >= 0.6 is 11.8 Å². The number of urea groups is 1. The van der Waals surface area contributed by atoms with Gasteiger partial charge in [0.1, 0.15) is 11.6 Å². The predicted molar refractivity (Wildman–Crippen MR) is 109 cm³/mol. The van der Waals surface area contributed by atoms with Crippen LogP contribution in [-0.4, -0.2) is 29.8 Å². The molecule has 2 atom stereocenters. The topological polar surface area (TPSA) is 41.6 Å². The van der Waals surface area contributed by atoms with Crippen molar-refractivity contribution in [3.63, 3.8) is 0 Å². The van der Waals surface area contributed by atoms with Gasteiger partial charge in [0.2, 0.25) is 0 Å². The van der Waals surface area contributed by atoms with E-state index >= 15 is 0 Å². The van der Waals surface area contributed by atoms with E-state index in [1.54, 1.807) is 17.8 Å². The van der Waals surface area contributed by atoms with Crippen molar-refractivity contribution < 1.29 is 13.9 Å². The van der Waals surface area contributed by atoms with E-state index in [1.165, 1.54) is 6.07 Å². The lowest BCUT2D eigenvalue weighted by Gasteiger charge is -2.31. The third-order valence-electron chi connectivity index (χ3n) is 5.40. The molecule has 148 valence electrons. The summed E-state index contributed by atoms with van der Waals surface area (Å²) >= 11 is 1.72. The molecule has 0 spiro atoms. The third kappa shape index (κ3) is 3.97. The molecule has 2 aromatic rings. The van der Waals surface area contributed by atoms with Crippen LogP contribution in [0.5, 0.6) is 5.75 Å². The number of benzene rings is 2. The molecular formula is C22H25FN2O2S. The first-order valence-electron chi connectivity index (χ1n) is 9.88. The zero-order chi connectivity index (χ0) is 19.5. The lowest BCUT2D eigenvalue weighted by Crippen LogP contribution is -2.42. The van der Waals surface area contributed by atoms with Gasteiger partial charge in [-0.2, -0.15) is 0 Å². The van der Waals surface area contributed by atoms with E-state index in [1.807, 2.05) is 42.2 Å². The fourth-order valence-electron chi connectivity index (χ4n) is 4.06. The van der Waals surface area contributed by atoms with Crippen molar-refractivity contribution in [2.75, 3.05) is 18.9 Å². The summed E-state index contributed by atoms with van der Waals surface area (Å²) in [6.45, 7) is 3.34. The van der Waals surface area contributed by atoms with Crippen molar-refractivity contribution in [2.24, 2.45) is 0 Å². The highest BCUT2D eigenvalue weighted by Crippen LogP contribution is 2.38. The second kappa shape index (κ2) is 8.43. The van der Waals surface area contributed by atoms with Crippen LogP contribution in [0, 0.1) is 5.82 Å². The van der Waals surface area contributed by atoms with Crippen molar-refractivity contribution >= 4 is 17.8 Å². The summed E-state index contributed by atoms with van der Waals surface area (Å²) in [7, 11) is 0. The Morgan fingerprint density at radius 3 is 2.86 bits per heavy atom. The quantitative estimate of drug-likeness (QED) is 0.756. The van der Waals surface area contributed by atoms with E-state index in [0.717, 1.165) is 53.3 Å². The summed E-state index contributed by atoms with van der Waals surface area (Å²) in [5, 5.41) is 3.16. The monoisotopic (exact) mass is 400 g/mol. The van der Waals surface area contributed by atoms with Gasteiger partial charge >= 0.3 is 6.03 Å². The van der Waals surface area contributed by atoms with E-state index in [4.69, 9.17) is 4.74 Å². The lowest BCUT2D eigenvalue weighted by atomic mass is 10.0. The molecule has 2 aliphatic rings. The number of amides is 2. The maximum atomic E-state index is 13.7. The number of hydrogen-bond donors (Lipinski definition) is 1. The van der Waals surface area contributed by atoms with Gasteiger partial charge in [-0.1, -0.05) is 12.1 Å². The van der Waals surface area contributed by atoms with E-state index in [9.17, 15) is 9.18 Å². The fraction of sp³-hybridized carbons (Fsp3) is 0.409. The van der Waals surface area contributed by atoms with Crippen LogP contribution in [0.1, 0.15) is 49.4 Å². The molecule has 2 heterocycles. The third-order valence-corrected chi connectivity index (χ3v) is 6.52. The molecule has 0 saturated carbocycles. The Kier molecular flexibility index (Phi) is 5.76. The first-order chi connectivity index (χ1) is 13.7. The Bertz CT molecular complexity index is 843. The minimum atomic E-state index is -0.256. The lowest BCUT2D eigenvalue weighted by molar-refractivity contribution is 0.188. The molecule has 6 heteroatoms. The van der Waals surface area contributed by atoms with Gasteiger partial charge in [-0.25, -0.2) is 9.18 Å². The van der Waals surface area contributed by atoms with E-state index < -0.39 is 0 Å². The Balaban J connectivity index is 1.48. The van der Waals surface area contributed by atoms with Gasteiger partial charge in [0.25, 0.3) is 0 Å². The number of nitrogens with zero attached hydrogens (tertiary/aromatic N) is 1. The van der Waals surface area contributed by atoms with Gasteiger partial charge in [0.05, 0.1) is 18.7 Å². The minimum absolute atomic E-state index is 0.0662. The number of halogens is 1. The van der Waals surface area contributed by atoms with Gasteiger partial charge in [-0.15, -0.1) is 11.8 Å².